The fourth-order valence-corrected chi connectivity index (χ4v) is 7.84. The molecule has 55 heavy (non-hydrogen) atoms. The number of likely N-dealkylation sites (N-methyl/N-ethyl adjacent to an activating group) is 1. The molecule has 2 aliphatic heterocycles. The van der Waals surface area contributed by atoms with Crippen molar-refractivity contribution in [3.05, 3.63) is 126 Å². The highest BCUT2D eigenvalue weighted by molar-refractivity contribution is 5.87. The van der Waals surface area contributed by atoms with Gasteiger partial charge in [0.25, 0.3) is 5.91 Å². The second kappa shape index (κ2) is 15.1. The highest BCUT2D eigenvalue weighted by atomic mass is 16.5. The van der Waals surface area contributed by atoms with Crippen molar-refractivity contribution in [3.8, 4) is 33.6 Å². The zero-order chi connectivity index (χ0) is 38.1. The van der Waals surface area contributed by atoms with Crippen LogP contribution in [0, 0.1) is 6.92 Å². The fourth-order valence-electron chi connectivity index (χ4n) is 7.84. The Balaban J connectivity index is 0.926. The van der Waals surface area contributed by atoms with Crippen molar-refractivity contribution in [2.45, 2.75) is 57.2 Å². The Kier molecular flexibility index (Phi) is 9.75. The lowest BCUT2D eigenvalue weighted by molar-refractivity contribution is -0.137. The van der Waals surface area contributed by atoms with Crippen molar-refractivity contribution >= 4 is 17.9 Å². The van der Waals surface area contributed by atoms with Gasteiger partial charge in [0.15, 0.2) is 0 Å². The molecule has 0 radical (unpaired) electrons. The first-order chi connectivity index (χ1) is 26.7. The highest BCUT2D eigenvalue weighted by Crippen LogP contribution is 2.36. The van der Waals surface area contributed by atoms with Crippen molar-refractivity contribution in [3.63, 3.8) is 0 Å². The van der Waals surface area contributed by atoms with Crippen LogP contribution in [-0.2, 0) is 16.0 Å². The van der Waals surface area contributed by atoms with Gasteiger partial charge in [0.05, 0.1) is 48.0 Å². The summed E-state index contributed by atoms with van der Waals surface area (Å²) in [5.41, 5.74) is 7.21. The maximum Gasteiger partial charge on any atom is 0.407 e. The maximum absolute atomic E-state index is 13.9. The number of aryl methyl sites for hydroxylation is 1. The number of amides is 3. The van der Waals surface area contributed by atoms with Gasteiger partial charge >= 0.3 is 6.09 Å². The Labute approximate surface area is 318 Å². The van der Waals surface area contributed by atoms with Crippen LogP contribution in [0.15, 0.2) is 102 Å². The van der Waals surface area contributed by atoms with Gasteiger partial charge in [-0.2, -0.15) is 0 Å². The van der Waals surface area contributed by atoms with Gasteiger partial charge in [-0.05, 0) is 60.4 Å². The van der Waals surface area contributed by atoms with Crippen LogP contribution >= 0.6 is 0 Å². The average molecular weight is 739 g/mol. The molecule has 0 saturated carbocycles. The minimum Gasteiger partial charge on any atom is -0.465 e. The van der Waals surface area contributed by atoms with Gasteiger partial charge in [0, 0.05) is 26.2 Å². The third-order valence-electron chi connectivity index (χ3n) is 10.7. The van der Waals surface area contributed by atoms with Gasteiger partial charge in [0.2, 0.25) is 5.91 Å². The molecule has 3 atom stereocenters. The monoisotopic (exact) mass is 738 g/mol. The SMILES string of the molecule is Cc1cc(CC(=O)N2CCC[C@H]2c2ncc(-c3ccc(-c4ccc(-c5cnc([C@@H]6CCCN6C(=O)[C@@H](c6ccccc6)N(C)C(=O)O)[nH]5)cc4)cc3)[nH]2)on1. The number of likely N-dealkylation sites (tertiary alicyclic amines) is 2. The molecule has 0 spiro atoms. The summed E-state index contributed by atoms with van der Waals surface area (Å²) < 4.78 is 5.27. The van der Waals surface area contributed by atoms with Crippen molar-refractivity contribution in [1.29, 1.82) is 0 Å². The van der Waals surface area contributed by atoms with Crippen LogP contribution < -0.4 is 0 Å². The quantitative estimate of drug-likeness (QED) is 0.131. The molecule has 3 aromatic carbocycles. The lowest BCUT2D eigenvalue weighted by atomic mass is 10.0. The Morgan fingerprint density at radius 1 is 0.800 bits per heavy atom. The van der Waals surface area contributed by atoms with Crippen molar-refractivity contribution < 1.29 is 24.0 Å². The minimum absolute atomic E-state index is 0.00674. The van der Waals surface area contributed by atoms with Crippen LogP contribution in [0.4, 0.5) is 4.79 Å². The number of rotatable bonds is 10. The van der Waals surface area contributed by atoms with E-state index < -0.39 is 12.1 Å². The normalized spacial score (nSPS) is 17.4. The lowest BCUT2D eigenvalue weighted by Crippen LogP contribution is -2.43. The van der Waals surface area contributed by atoms with E-state index in [4.69, 9.17) is 4.52 Å². The van der Waals surface area contributed by atoms with Crippen LogP contribution in [0.3, 0.4) is 0 Å². The number of H-pyrrole nitrogens is 2. The topological polar surface area (TPSA) is 165 Å². The number of nitrogens with zero attached hydrogens (tertiary/aromatic N) is 6. The second-order valence-corrected chi connectivity index (χ2v) is 14.3. The molecule has 3 amide bonds. The van der Waals surface area contributed by atoms with Crippen molar-refractivity contribution in [2.24, 2.45) is 0 Å². The number of hydrogen-bond donors (Lipinski definition) is 3. The van der Waals surface area contributed by atoms with Crippen LogP contribution in [0.2, 0.25) is 0 Å². The molecule has 2 saturated heterocycles. The van der Waals surface area contributed by atoms with Crippen LogP contribution in [0.25, 0.3) is 33.6 Å². The number of carbonyl (C=O) groups is 3. The van der Waals surface area contributed by atoms with Crippen LogP contribution in [0.1, 0.15) is 72.5 Å². The van der Waals surface area contributed by atoms with Gasteiger partial charge in [-0.1, -0.05) is 84.0 Å². The van der Waals surface area contributed by atoms with E-state index in [0.29, 0.717) is 30.2 Å². The number of hydrogen-bond acceptors (Lipinski definition) is 7. The van der Waals surface area contributed by atoms with Crippen LogP contribution in [0.5, 0.6) is 0 Å². The largest absolute Gasteiger partial charge is 0.465 e. The van der Waals surface area contributed by atoms with E-state index >= 15 is 0 Å². The number of carboxylic acid groups (broad SMARTS) is 1. The predicted molar refractivity (Wildman–Crippen MR) is 204 cm³/mol. The number of imidazole rings is 2. The molecule has 3 aromatic heterocycles. The van der Waals surface area contributed by atoms with Gasteiger partial charge in [0.1, 0.15) is 23.5 Å². The summed E-state index contributed by atoms with van der Waals surface area (Å²) in [4.78, 5) is 60.0. The smallest absolute Gasteiger partial charge is 0.407 e. The average Bonchev–Trinajstić information content (AvgIpc) is 4.06. The zero-order valence-corrected chi connectivity index (χ0v) is 30.7. The lowest BCUT2D eigenvalue weighted by Gasteiger charge is -2.32. The molecule has 13 heteroatoms. The molecule has 13 nitrogen and oxygen atoms in total. The summed E-state index contributed by atoms with van der Waals surface area (Å²) in [7, 11) is 1.43. The number of aromatic amines is 2. The van der Waals surface area contributed by atoms with Crippen LogP contribution in [-0.4, -0.2) is 82.9 Å². The number of benzene rings is 3. The van der Waals surface area contributed by atoms with E-state index in [0.717, 1.165) is 75.7 Å². The standard InChI is InChI=1S/C42H42N8O5/c1-26-22-32(55-47-26)23-37(51)49-20-6-10-35(49)39-43-24-33(45-39)29-16-12-27(13-17-29)28-14-18-30(19-15-28)34-25-44-40(46-34)36-11-7-21-50(36)41(52)38(48(2)42(53)54)31-8-4-3-5-9-31/h3-5,8-9,12-19,22,24-25,35-36,38H,6-7,10-11,20-21,23H2,1-2H3,(H,43,45)(H,44,46)(H,53,54)/t35-,36-,38+/m0/s1. The molecular weight excluding hydrogens is 697 g/mol. The van der Waals surface area contributed by atoms with Gasteiger partial charge in [-0.3, -0.25) is 14.5 Å². The van der Waals surface area contributed by atoms with Crippen molar-refractivity contribution in [1.82, 2.24) is 39.8 Å². The molecule has 2 fully saturated rings. The molecule has 0 unspecified atom stereocenters. The Morgan fingerprint density at radius 3 is 1.85 bits per heavy atom. The fraction of sp³-hybridized carbons (Fsp3) is 0.286. The highest BCUT2D eigenvalue weighted by Gasteiger charge is 2.39. The first kappa shape index (κ1) is 35.5. The molecule has 5 heterocycles. The third-order valence-corrected chi connectivity index (χ3v) is 10.7. The number of aromatic nitrogens is 5. The maximum atomic E-state index is 13.9. The predicted octanol–water partition coefficient (Wildman–Crippen LogP) is 7.35. The Hall–Kier alpha value is -6.50. The molecule has 0 bridgehead atoms. The molecule has 8 rings (SSSR count). The summed E-state index contributed by atoms with van der Waals surface area (Å²) in [6.07, 6.45) is 5.93. The van der Waals surface area contributed by atoms with E-state index in [1.807, 2.05) is 48.4 Å². The molecule has 280 valence electrons. The summed E-state index contributed by atoms with van der Waals surface area (Å²) in [6.45, 7) is 3.05. The number of carbonyl (C=O) groups excluding carboxylic acids is 2. The van der Waals surface area contributed by atoms with E-state index in [1.165, 1.54) is 7.05 Å². The summed E-state index contributed by atoms with van der Waals surface area (Å²) in [6, 6.07) is 26.0. The molecule has 0 aliphatic carbocycles. The molecular formula is C42H42N8O5. The third kappa shape index (κ3) is 7.25. The first-order valence-electron chi connectivity index (χ1n) is 18.6. The number of nitrogens with one attached hydrogen (secondary N) is 2. The summed E-state index contributed by atoms with van der Waals surface area (Å²) in [5.74, 6) is 1.78. The van der Waals surface area contributed by atoms with E-state index in [9.17, 15) is 19.5 Å². The summed E-state index contributed by atoms with van der Waals surface area (Å²) >= 11 is 0. The Bertz CT molecular complexity index is 2300. The minimum atomic E-state index is -1.16. The molecule has 2 aliphatic rings. The van der Waals surface area contributed by atoms with Gasteiger partial charge < -0.3 is 29.4 Å². The summed E-state index contributed by atoms with van der Waals surface area (Å²) in [5, 5.41) is 13.7. The molecule has 3 N–H and O–H groups in total. The van der Waals surface area contributed by atoms with E-state index in [2.05, 4.69) is 61.5 Å². The van der Waals surface area contributed by atoms with E-state index in [-0.39, 0.29) is 30.3 Å². The second-order valence-electron chi connectivity index (χ2n) is 14.3. The van der Waals surface area contributed by atoms with E-state index in [1.54, 1.807) is 29.3 Å². The van der Waals surface area contributed by atoms with Gasteiger partial charge in [-0.25, -0.2) is 14.8 Å². The van der Waals surface area contributed by atoms with Crippen molar-refractivity contribution in [2.75, 3.05) is 20.1 Å². The molecule has 6 aromatic rings. The Morgan fingerprint density at radius 2 is 1.33 bits per heavy atom. The zero-order valence-electron chi connectivity index (χ0n) is 30.7. The van der Waals surface area contributed by atoms with Gasteiger partial charge in [-0.15, -0.1) is 0 Å². The first-order valence-corrected chi connectivity index (χ1v) is 18.6.